The number of aliphatic carboxylic acids is 1. The van der Waals surface area contributed by atoms with Crippen molar-refractivity contribution in [2.45, 2.75) is 19.1 Å². The molecule has 106 valence electrons. The lowest BCUT2D eigenvalue weighted by atomic mass is 10.2. The van der Waals surface area contributed by atoms with Crippen molar-refractivity contribution in [2.75, 3.05) is 32.8 Å². The summed E-state index contributed by atoms with van der Waals surface area (Å²) in [6.07, 6.45) is -1.52. The molecular weight excluding hydrogens is 256 g/mol. The minimum Gasteiger partial charge on any atom is -0.480 e. The lowest BCUT2D eigenvalue weighted by Crippen LogP contribution is -2.50. The molecule has 0 aromatic carbocycles. The first-order chi connectivity index (χ1) is 9.00. The van der Waals surface area contributed by atoms with E-state index in [1.807, 2.05) is 0 Å². The molecule has 2 atom stereocenters. The van der Waals surface area contributed by atoms with Crippen LogP contribution in [-0.4, -0.2) is 77.9 Å². The Morgan fingerprint density at radius 3 is 2.58 bits per heavy atom. The van der Waals surface area contributed by atoms with Crippen molar-refractivity contribution in [3.8, 4) is 0 Å². The van der Waals surface area contributed by atoms with Gasteiger partial charge in [-0.15, -0.1) is 0 Å². The third-order valence-corrected chi connectivity index (χ3v) is 3.22. The fourth-order valence-electron chi connectivity index (χ4n) is 2.21. The molecular formula is C11H16N2O6. The molecule has 19 heavy (non-hydrogen) atoms. The molecule has 0 spiro atoms. The number of carboxylic acids is 1. The molecule has 0 aromatic rings. The second kappa shape index (κ2) is 5.43. The Morgan fingerprint density at radius 1 is 1.37 bits per heavy atom. The van der Waals surface area contributed by atoms with Gasteiger partial charge in [-0.25, -0.2) is 9.59 Å². The molecule has 2 aliphatic heterocycles. The summed E-state index contributed by atoms with van der Waals surface area (Å²) in [5.41, 5.74) is 0. The highest BCUT2D eigenvalue weighted by atomic mass is 16.6. The number of morpholine rings is 1. The van der Waals surface area contributed by atoms with Gasteiger partial charge in [0.25, 0.3) is 0 Å². The fourth-order valence-corrected chi connectivity index (χ4v) is 2.21. The van der Waals surface area contributed by atoms with Crippen LogP contribution >= 0.6 is 0 Å². The Hall–Kier alpha value is -1.83. The van der Waals surface area contributed by atoms with Crippen LogP contribution in [-0.2, 0) is 19.1 Å². The Labute approximate surface area is 109 Å². The number of amides is 2. The summed E-state index contributed by atoms with van der Waals surface area (Å²) in [6.45, 7) is 3.03. The molecule has 2 aliphatic rings. The van der Waals surface area contributed by atoms with Gasteiger partial charge in [-0.3, -0.25) is 9.69 Å². The van der Waals surface area contributed by atoms with Crippen LogP contribution in [0.4, 0.5) is 4.79 Å². The molecule has 1 N–H and O–H groups in total. The molecule has 8 heteroatoms. The quantitative estimate of drug-likeness (QED) is 0.718. The van der Waals surface area contributed by atoms with Gasteiger partial charge < -0.3 is 19.5 Å². The Balaban J connectivity index is 2.01. The zero-order valence-electron chi connectivity index (χ0n) is 10.6. The molecule has 2 fully saturated rings. The van der Waals surface area contributed by atoms with E-state index in [9.17, 15) is 14.4 Å². The SMILES string of the molecule is C[C@@H]1OC(=O)N(CC(=O)N2CCOCC2)[C@@H]1C(=O)O. The Kier molecular flexibility index (Phi) is 3.89. The van der Waals surface area contributed by atoms with Crippen LogP contribution in [0, 0.1) is 0 Å². The average molecular weight is 272 g/mol. The summed E-state index contributed by atoms with van der Waals surface area (Å²) < 4.78 is 9.97. The van der Waals surface area contributed by atoms with Crippen molar-refractivity contribution in [2.24, 2.45) is 0 Å². The molecule has 8 nitrogen and oxygen atoms in total. The highest BCUT2D eigenvalue weighted by Gasteiger charge is 2.45. The van der Waals surface area contributed by atoms with Gasteiger partial charge in [0.1, 0.15) is 12.6 Å². The van der Waals surface area contributed by atoms with Crippen LogP contribution in [0.1, 0.15) is 6.92 Å². The van der Waals surface area contributed by atoms with Crippen LogP contribution in [0.25, 0.3) is 0 Å². The first-order valence-electron chi connectivity index (χ1n) is 6.06. The first-order valence-corrected chi connectivity index (χ1v) is 6.06. The zero-order chi connectivity index (χ0) is 14.0. The lowest BCUT2D eigenvalue weighted by molar-refractivity contribution is -0.144. The van der Waals surface area contributed by atoms with E-state index < -0.39 is 24.2 Å². The summed E-state index contributed by atoms with van der Waals surface area (Å²) in [6, 6.07) is -1.11. The van der Waals surface area contributed by atoms with E-state index in [4.69, 9.17) is 14.6 Å². The summed E-state index contributed by atoms with van der Waals surface area (Å²) in [5.74, 6) is -1.46. The lowest BCUT2D eigenvalue weighted by Gasteiger charge is -2.29. The molecule has 0 saturated carbocycles. The maximum absolute atomic E-state index is 12.0. The average Bonchev–Trinajstić information content (AvgIpc) is 2.65. The standard InChI is InChI=1S/C11H16N2O6/c1-7-9(10(15)16)13(11(17)19-7)6-8(14)12-2-4-18-5-3-12/h7,9H,2-6H2,1H3,(H,15,16)/t7-,9-/m0/s1. The van der Waals surface area contributed by atoms with Crippen LogP contribution in [0.3, 0.4) is 0 Å². The zero-order valence-corrected chi connectivity index (χ0v) is 10.6. The monoisotopic (exact) mass is 272 g/mol. The number of hydrogen-bond donors (Lipinski definition) is 1. The van der Waals surface area contributed by atoms with Crippen molar-refractivity contribution in [1.29, 1.82) is 0 Å². The highest BCUT2D eigenvalue weighted by Crippen LogP contribution is 2.19. The van der Waals surface area contributed by atoms with Gasteiger partial charge in [0.2, 0.25) is 5.91 Å². The molecule has 2 heterocycles. The molecule has 2 saturated heterocycles. The maximum Gasteiger partial charge on any atom is 0.411 e. The molecule has 2 amide bonds. The summed E-state index contributed by atoms with van der Waals surface area (Å²) in [7, 11) is 0. The largest absolute Gasteiger partial charge is 0.480 e. The smallest absolute Gasteiger partial charge is 0.411 e. The molecule has 0 aromatic heterocycles. The van der Waals surface area contributed by atoms with Gasteiger partial charge in [-0.05, 0) is 6.92 Å². The van der Waals surface area contributed by atoms with Gasteiger partial charge in [-0.1, -0.05) is 0 Å². The molecule has 0 radical (unpaired) electrons. The molecule has 0 bridgehead atoms. The topological polar surface area (TPSA) is 96.4 Å². The van der Waals surface area contributed by atoms with Crippen molar-refractivity contribution < 1.29 is 29.0 Å². The summed E-state index contributed by atoms with van der Waals surface area (Å²) >= 11 is 0. The third-order valence-electron chi connectivity index (χ3n) is 3.22. The number of rotatable bonds is 3. The number of nitrogens with zero attached hydrogens (tertiary/aromatic N) is 2. The van der Waals surface area contributed by atoms with E-state index in [1.54, 1.807) is 4.90 Å². The Morgan fingerprint density at radius 2 is 2.00 bits per heavy atom. The van der Waals surface area contributed by atoms with Crippen molar-refractivity contribution in [3.63, 3.8) is 0 Å². The van der Waals surface area contributed by atoms with E-state index in [0.717, 1.165) is 4.90 Å². The van der Waals surface area contributed by atoms with E-state index >= 15 is 0 Å². The van der Waals surface area contributed by atoms with Crippen molar-refractivity contribution in [1.82, 2.24) is 9.80 Å². The van der Waals surface area contributed by atoms with Crippen LogP contribution in [0.15, 0.2) is 0 Å². The minimum atomic E-state index is -1.17. The first kappa shape index (κ1) is 13.6. The third kappa shape index (κ3) is 2.78. The summed E-state index contributed by atoms with van der Waals surface area (Å²) in [5, 5.41) is 9.08. The number of carboxylic acid groups (broad SMARTS) is 1. The van der Waals surface area contributed by atoms with E-state index in [2.05, 4.69) is 0 Å². The number of carbonyl (C=O) groups is 3. The van der Waals surface area contributed by atoms with E-state index in [0.29, 0.717) is 26.3 Å². The number of cyclic esters (lactones) is 1. The fraction of sp³-hybridized carbons (Fsp3) is 0.727. The van der Waals surface area contributed by atoms with Gasteiger partial charge in [0.05, 0.1) is 13.2 Å². The Bertz CT molecular complexity index is 393. The van der Waals surface area contributed by atoms with Gasteiger partial charge in [-0.2, -0.15) is 0 Å². The second-order valence-electron chi connectivity index (χ2n) is 4.49. The van der Waals surface area contributed by atoms with Gasteiger partial charge in [0, 0.05) is 13.1 Å². The molecule has 0 aliphatic carbocycles. The van der Waals surface area contributed by atoms with Crippen LogP contribution < -0.4 is 0 Å². The maximum atomic E-state index is 12.0. The number of ether oxygens (including phenoxy) is 2. The number of hydrogen-bond acceptors (Lipinski definition) is 5. The second-order valence-corrected chi connectivity index (χ2v) is 4.49. The van der Waals surface area contributed by atoms with Crippen molar-refractivity contribution in [3.05, 3.63) is 0 Å². The predicted octanol–water partition coefficient (Wildman–Crippen LogP) is -0.861. The van der Waals surface area contributed by atoms with Gasteiger partial charge in [0.15, 0.2) is 6.04 Å². The minimum absolute atomic E-state index is 0.278. The van der Waals surface area contributed by atoms with Crippen molar-refractivity contribution >= 4 is 18.0 Å². The molecule has 0 unspecified atom stereocenters. The van der Waals surface area contributed by atoms with Crippen LogP contribution in [0.2, 0.25) is 0 Å². The summed E-state index contributed by atoms with van der Waals surface area (Å²) in [4.78, 5) is 37.2. The highest BCUT2D eigenvalue weighted by molar-refractivity contribution is 5.88. The van der Waals surface area contributed by atoms with E-state index in [1.165, 1.54) is 6.92 Å². The predicted molar refractivity (Wildman–Crippen MR) is 61.5 cm³/mol. The number of carbonyl (C=O) groups excluding carboxylic acids is 2. The van der Waals surface area contributed by atoms with Gasteiger partial charge >= 0.3 is 12.1 Å². The molecule has 2 rings (SSSR count). The van der Waals surface area contributed by atoms with Crippen LogP contribution in [0.5, 0.6) is 0 Å². The normalized spacial score (nSPS) is 27.3. The van der Waals surface area contributed by atoms with E-state index in [-0.39, 0.29) is 12.5 Å².